The van der Waals surface area contributed by atoms with E-state index in [2.05, 4.69) is 24.0 Å². The summed E-state index contributed by atoms with van der Waals surface area (Å²) in [6, 6.07) is 6.20. The van der Waals surface area contributed by atoms with Gasteiger partial charge in [0.1, 0.15) is 5.52 Å². The largest absolute Gasteiger partial charge is 0.441 e. The first-order valence-corrected chi connectivity index (χ1v) is 5.92. The van der Waals surface area contributed by atoms with Crippen LogP contribution in [0.4, 0.5) is 0 Å². The lowest BCUT2D eigenvalue weighted by molar-refractivity contribution is 0.515. The van der Waals surface area contributed by atoms with Gasteiger partial charge in [0.2, 0.25) is 0 Å². The van der Waals surface area contributed by atoms with E-state index in [-0.39, 0.29) is 0 Å². The van der Waals surface area contributed by atoms with Crippen LogP contribution >= 0.6 is 0 Å². The number of aromatic nitrogens is 1. The number of oxazole rings is 1. The second-order valence-electron chi connectivity index (χ2n) is 4.01. The van der Waals surface area contributed by atoms with Crippen molar-refractivity contribution < 1.29 is 4.42 Å². The maximum Gasteiger partial charge on any atom is 0.195 e. The summed E-state index contributed by atoms with van der Waals surface area (Å²) in [7, 11) is 0. The molecule has 0 aliphatic carbocycles. The van der Waals surface area contributed by atoms with Gasteiger partial charge in [0.05, 0.1) is 0 Å². The SMILES string of the molecule is CCc1ccc2oc(CCCCN)nc2c1. The minimum absolute atomic E-state index is 0.736. The third-order valence-electron chi connectivity index (χ3n) is 2.75. The molecule has 1 aromatic heterocycles. The van der Waals surface area contributed by atoms with Gasteiger partial charge in [-0.25, -0.2) is 4.98 Å². The number of hydrogen-bond acceptors (Lipinski definition) is 3. The van der Waals surface area contributed by atoms with Crippen LogP contribution in [-0.2, 0) is 12.8 Å². The Morgan fingerprint density at radius 2 is 2.19 bits per heavy atom. The molecule has 0 atom stereocenters. The molecular weight excluding hydrogens is 200 g/mol. The molecule has 0 radical (unpaired) electrons. The number of rotatable bonds is 5. The highest BCUT2D eigenvalue weighted by Crippen LogP contribution is 2.18. The molecule has 3 heteroatoms. The molecule has 2 rings (SSSR count). The van der Waals surface area contributed by atoms with Gasteiger partial charge < -0.3 is 10.2 Å². The van der Waals surface area contributed by atoms with Crippen molar-refractivity contribution in [2.75, 3.05) is 6.54 Å². The summed E-state index contributed by atoms with van der Waals surface area (Å²) in [5.41, 5.74) is 8.62. The summed E-state index contributed by atoms with van der Waals surface area (Å²) < 4.78 is 5.66. The number of aryl methyl sites for hydroxylation is 2. The lowest BCUT2D eigenvalue weighted by Crippen LogP contribution is -1.98. The average Bonchev–Trinajstić information content (AvgIpc) is 2.70. The fourth-order valence-corrected chi connectivity index (χ4v) is 1.77. The molecule has 0 aliphatic rings. The molecule has 0 fully saturated rings. The minimum Gasteiger partial charge on any atom is -0.441 e. The van der Waals surface area contributed by atoms with Crippen molar-refractivity contribution in [3.05, 3.63) is 29.7 Å². The van der Waals surface area contributed by atoms with Crippen LogP contribution in [0.2, 0.25) is 0 Å². The first-order valence-electron chi connectivity index (χ1n) is 5.92. The molecule has 0 saturated heterocycles. The summed E-state index contributed by atoms with van der Waals surface area (Å²) in [5.74, 6) is 0.830. The summed E-state index contributed by atoms with van der Waals surface area (Å²) in [5, 5.41) is 0. The lowest BCUT2D eigenvalue weighted by atomic mass is 10.1. The maximum atomic E-state index is 5.66. The Kier molecular flexibility index (Phi) is 3.57. The summed E-state index contributed by atoms with van der Waals surface area (Å²) in [6.45, 7) is 2.88. The van der Waals surface area contributed by atoms with Crippen LogP contribution < -0.4 is 5.73 Å². The van der Waals surface area contributed by atoms with Crippen molar-refractivity contribution in [2.45, 2.75) is 32.6 Å². The fourth-order valence-electron chi connectivity index (χ4n) is 1.77. The topological polar surface area (TPSA) is 52.0 Å². The molecule has 86 valence electrons. The van der Waals surface area contributed by atoms with Gasteiger partial charge in [0, 0.05) is 6.42 Å². The molecule has 2 N–H and O–H groups in total. The van der Waals surface area contributed by atoms with Crippen molar-refractivity contribution in [1.29, 1.82) is 0 Å². The van der Waals surface area contributed by atoms with Gasteiger partial charge in [-0.3, -0.25) is 0 Å². The van der Waals surface area contributed by atoms with Gasteiger partial charge in [-0.1, -0.05) is 13.0 Å². The Balaban J connectivity index is 2.16. The van der Waals surface area contributed by atoms with Crippen molar-refractivity contribution in [3.63, 3.8) is 0 Å². The number of unbranched alkanes of at least 4 members (excludes halogenated alkanes) is 1. The van der Waals surface area contributed by atoms with Gasteiger partial charge >= 0.3 is 0 Å². The van der Waals surface area contributed by atoms with Crippen LogP contribution in [0.5, 0.6) is 0 Å². The molecule has 3 nitrogen and oxygen atoms in total. The molecule has 1 aromatic carbocycles. The van der Waals surface area contributed by atoms with Crippen LogP contribution in [-0.4, -0.2) is 11.5 Å². The van der Waals surface area contributed by atoms with Gasteiger partial charge in [-0.2, -0.15) is 0 Å². The Morgan fingerprint density at radius 3 is 2.94 bits per heavy atom. The zero-order valence-corrected chi connectivity index (χ0v) is 9.70. The van der Waals surface area contributed by atoms with Gasteiger partial charge in [0.25, 0.3) is 0 Å². The number of nitrogens with zero attached hydrogens (tertiary/aromatic N) is 1. The minimum atomic E-state index is 0.736. The molecule has 0 aliphatic heterocycles. The summed E-state index contributed by atoms with van der Waals surface area (Å²) in [6.07, 6.45) is 3.99. The van der Waals surface area contributed by atoms with Crippen LogP contribution in [0.15, 0.2) is 22.6 Å². The molecule has 0 unspecified atom stereocenters. The van der Waals surface area contributed by atoms with Crippen LogP contribution in [0, 0.1) is 0 Å². The van der Waals surface area contributed by atoms with Crippen LogP contribution in [0.1, 0.15) is 31.2 Å². The zero-order chi connectivity index (χ0) is 11.4. The summed E-state index contributed by atoms with van der Waals surface area (Å²) in [4.78, 5) is 4.49. The number of benzene rings is 1. The Hall–Kier alpha value is -1.35. The third-order valence-corrected chi connectivity index (χ3v) is 2.75. The molecule has 0 amide bonds. The van der Waals surface area contributed by atoms with E-state index in [9.17, 15) is 0 Å². The normalized spacial score (nSPS) is 11.1. The first-order chi connectivity index (χ1) is 7.83. The van der Waals surface area contributed by atoms with E-state index < -0.39 is 0 Å². The summed E-state index contributed by atoms with van der Waals surface area (Å²) >= 11 is 0. The number of fused-ring (bicyclic) bond motifs is 1. The quantitative estimate of drug-likeness (QED) is 0.785. The third kappa shape index (κ3) is 2.42. The Labute approximate surface area is 95.7 Å². The van der Waals surface area contributed by atoms with Crippen molar-refractivity contribution in [3.8, 4) is 0 Å². The predicted octanol–water partition coefficient (Wildman–Crippen LogP) is 2.67. The van der Waals surface area contributed by atoms with Crippen LogP contribution in [0.25, 0.3) is 11.1 Å². The maximum absolute atomic E-state index is 5.66. The highest BCUT2D eigenvalue weighted by atomic mass is 16.3. The lowest BCUT2D eigenvalue weighted by Gasteiger charge is -1.92. The molecule has 0 spiro atoms. The van der Waals surface area contributed by atoms with Crippen molar-refractivity contribution in [1.82, 2.24) is 4.98 Å². The molecule has 16 heavy (non-hydrogen) atoms. The molecule has 0 saturated carbocycles. The van der Waals surface area contributed by atoms with E-state index >= 15 is 0 Å². The van der Waals surface area contributed by atoms with E-state index in [0.717, 1.165) is 49.2 Å². The van der Waals surface area contributed by atoms with Crippen molar-refractivity contribution >= 4 is 11.1 Å². The smallest absolute Gasteiger partial charge is 0.195 e. The molecule has 0 bridgehead atoms. The second-order valence-corrected chi connectivity index (χ2v) is 4.01. The highest BCUT2D eigenvalue weighted by molar-refractivity contribution is 5.73. The first kappa shape index (κ1) is 11.1. The molecule has 1 heterocycles. The predicted molar refractivity (Wildman–Crippen MR) is 65.4 cm³/mol. The fraction of sp³-hybridized carbons (Fsp3) is 0.462. The monoisotopic (exact) mass is 218 g/mol. The van der Waals surface area contributed by atoms with E-state index in [0.29, 0.717) is 0 Å². The highest BCUT2D eigenvalue weighted by Gasteiger charge is 2.05. The van der Waals surface area contributed by atoms with E-state index in [1.807, 2.05) is 6.07 Å². The van der Waals surface area contributed by atoms with E-state index in [4.69, 9.17) is 10.2 Å². The standard InChI is InChI=1S/C13H18N2O/c1-2-10-6-7-12-11(9-10)15-13(16-12)5-3-4-8-14/h6-7,9H,2-5,8,14H2,1H3. The molecular formula is C13H18N2O. The van der Waals surface area contributed by atoms with Crippen molar-refractivity contribution in [2.24, 2.45) is 5.73 Å². The van der Waals surface area contributed by atoms with Gasteiger partial charge in [0.15, 0.2) is 11.5 Å². The zero-order valence-electron chi connectivity index (χ0n) is 9.70. The molecule has 2 aromatic rings. The van der Waals surface area contributed by atoms with Gasteiger partial charge in [-0.05, 0) is 43.5 Å². The Morgan fingerprint density at radius 1 is 1.31 bits per heavy atom. The van der Waals surface area contributed by atoms with E-state index in [1.54, 1.807) is 0 Å². The number of hydrogen-bond donors (Lipinski definition) is 1. The number of nitrogens with two attached hydrogens (primary N) is 1. The van der Waals surface area contributed by atoms with Crippen LogP contribution in [0.3, 0.4) is 0 Å². The van der Waals surface area contributed by atoms with E-state index in [1.165, 1.54) is 5.56 Å². The second kappa shape index (κ2) is 5.12. The van der Waals surface area contributed by atoms with Gasteiger partial charge in [-0.15, -0.1) is 0 Å². The Bertz CT molecular complexity index is 462. The average molecular weight is 218 g/mol.